The molecule has 1 aliphatic rings. The van der Waals surface area contributed by atoms with Crippen LogP contribution in [0.1, 0.15) is 31.2 Å². The van der Waals surface area contributed by atoms with E-state index in [1.807, 2.05) is 30.3 Å². The molecule has 0 spiro atoms. The summed E-state index contributed by atoms with van der Waals surface area (Å²) in [6, 6.07) is 9.61. The van der Waals surface area contributed by atoms with Gasteiger partial charge in [-0.3, -0.25) is 0 Å². The third-order valence-corrected chi connectivity index (χ3v) is 3.44. The van der Waals surface area contributed by atoms with Gasteiger partial charge in [-0.05, 0) is 24.8 Å². The molecule has 0 aliphatic carbocycles. The maximum absolute atomic E-state index is 12.0. The minimum atomic E-state index is -0.310. The van der Waals surface area contributed by atoms with Crippen LogP contribution in [-0.4, -0.2) is 29.9 Å². The summed E-state index contributed by atoms with van der Waals surface area (Å²) in [5.41, 5.74) is 0.972. The predicted octanol–water partition coefficient (Wildman–Crippen LogP) is 2.77. The first-order valence-corrected chi connectivity index (χ1v) is 6.72. The van der Waals surface area contributed by atoms with Crippen molar-refractivity contribution in [3.05, 3.63) is 35.9 Å². The van der Waals surface area contributed by atoms with Gasteiger partial charge in [0.25, 0.3) is 0 Å². The van der Waals surface area contributed by atoms with Gasteiger partial charge in [0, 0.05) is 19.0 Å². The SMILES string of the molecule is O=CC[C@@H]1CCCCN1C(=O)OCc1ccccc1. The van der Waals surface area contributed by atoms with Crippen molar-refractivity contribution < 1.29 is 14.3 Å². The van der Waals surface area contributed by atoms with Crippen molar-refractivity contribution >= 4 is 12.4 Å². The van der Waals surface area contributed by atoms with Gasteiger partial charge < -0.3 is 14.4 Å². The molecule has 1 aromatic carbocycles. The van der Waals surface area contributed by atoms with Crippen molar-refractivity contribution in [3.63, 3.8) is 0 Å². The summed E-state index contributed by atoms with van der Waals surface area (Å²) >= 11 is 0. The zero-order valence-corrected chi connectivity index (χ0v) is 11.0. The number of nitrogens with zero attached hydrogens (tertiary/aromatic N) is 1. The Morgan fingerprint density at radius 3 is 2.84 bits per heavy atom. The monoisotopic (exact) mass is 261 g/mol. The van der Waals surface area contributed by atoms with E-state index in [1.54, 1.807) is 4.90 Å². The molecule has 0 bridgehead atoms. The molecule has 1 amide bonds. The molecule has 1 aromatic rings. The second kappa shape index (κ2) is 6.92. The van der Waals surface area contributed by atoms with Crippen LogP contribution >= 0.6 is 0 Å². The van der Waals surface area contributed by atoms with Crippen LogP contribution in [0.4, 0.5) is 4.79 Å². The largest absolute Gasteiger partial charge is 0.445 e. The third-order valence-electron chi connectivity index (χ3n) is 3.44. The minimum absolute atomic E-state index is 0.00882. The van der Waals surface area contributed by atoms with Crippen LogP contribution in [0.15, 0.2) is 30.3 Å². The molecule has 102 valence electrons. The molecule has 1 saturated heterocycles. The molecule has 1 fully saturated rings. The van der Waals surface area contributed by atoms with E-state index in [0.717, 1.165) is 31.1 Å². The summed E-state index contributed by atoms with van der Waals surface area (Å²) in [6.07, 6.45) is 3.92. The molecule has 1 aliphatic heterocycles. The van der Waals surface area contributed by atoms with Crippen LogP contribution in [-0.2, 0) is 16.1 Å². The number of likely N-dealkylation sites (tertiary alicyclic amines) is 1. The molecular formula is C15H19NO3. The van der Waals surface area contributed by atoms with Gasteiger partial charge in [-0.15, -0.1) is 0 Å². The van der Waals surface area contributed by atoms with Crippen molar-refractivity contribution in [2.75, 3.05) is 6.54 Å². The second-order valence-corrected chi connectivity index (χ2v) is 4.79. The van der Waals surface area contributed by atoms with E-state index >= 15 is 0 Å². The van der Waals surface area contributed by atoms with Crippen molar-refractivity contribution in [1.82, 2.24) is 4.90 Å². The van der Waals surface area contributed by atoms with Crippen molar-refractivity contribution in [1.29, 1.82) is 0 Å². The highest BCUT2D eigenvalue weighted by atomic mass is 16.6. The fourth-order valence-electron chi connectivity index (χ4n) is 2.40. The Morgan fingerprint density at radius 2 is 2.11 bits per heavy atom. The number of amides is 1. The Labute approximate surface area is 113 Å². The average molecular weight is 261 g/mol. The number of ether oxygens (including phenoxy) is 1. The Balaban J connectivity index is 1.89. The zero-order chi connectivity index (χ0) is 13.5. The van der Waals surface area contributed by atoms with Gasteiger partial charge in [0.1, 0.15) is 12.9 Å². The van der Waals surface area contributed by atoms with Crippen LogP contribution in [0.3, 0.4) is 0 Å². The lowest BCUT2D eigenvalue weighted by molar-refractivity contribution is -0.109. The van der Waals surface area contributed by atoms with Crippen LogP contribution in [0, 0.1) is 0 Å². The third kappa shape index (κ3) is 3.81. The van der Waals surface area contributed by atoms with Crippen molar-refractivity contribution in [2.45, 2.75) is 38.3 Å². The number of hydrogen-bond donors (Lipinski definition) is 0. The number of carbonyl (C=O) groups is 2. The van der Waals surface area contributed by atoms with Gasteiger partial charge in [0.15, 0.2) is 0 Å². The van der Waals surface area contributed by atoms with Gasteiger partial charge in [-0.25, -0.2) is 4.79 Å². The van der Waals surface area contributed by atoms with Crippen LogP contribution < -0.4 is 0 Å². The lowest BCUT2D eigenvalue weighted by Crippen LogP contribution is -2.44. The topological polar surface area (TPSA) is 46.6 Å². The molecule has 1 atom stereocenters. The first-order valence-electron chi connectivity index (χ1n) is 6.72. The van der Waals surface area contributed by atoms with Crippen molar-refractivity contribution in [2.24, 2.45) is 0 Å². The van der Waals surface area contributed by atoms with Gasteiger partial charge in [0.2, 0.25) is 0 Å². The highest BCUT2D eigenvalue weighted by Gasteiger charge is 2.27. The maximum Gasteiger partial charge on any atom is 0.410 e. The van der Waals surface area contributed by atoms with E-state index in [2.05, 4.69) is 0 Å². The molecule has 1 heterocycles. The molecule has 0 unspecified atom stereocenters. The van der Waals surface area contributed by atoms with Crippen LogP contribution in [0.2, 0.25) is 0 Å². The predicted molar refractivity (Wildman–Crippen MR) is 71.7 cm³/mol. The zero-order valence-electron chi connectivity index (χ0n) is 11.0. The quantitative estimate of drug-likeness (QED) is 0.783. The molecule has 4 heteroatoms. The fourth-order valence-corrected chi connectivity index (χ4v) is 2.40. The smallest absolute Gasteiger partial charge is 0.410 e. The first-order chi connectivity index (χ1) is 9.31. The number of rotatable bonds is 4. The fraction of sp³-hybridized carbons (Fsp3) is 0.467. The lowest BCUT2D eigenvalue weighted by Gasteiger charge is -2.33. The molecular weight excluding hydrogens is 242 g/mol. The van der Waals surface area contributed by atoms with E-state index in [4.69, 9.17) is 4.74 Å². The average Bonchev–Trinajstić information content (AvgIpc) is 2.47. The van der Waals surface area contributed by atoms with Gasteiger partial charge in [-0.1, -0.05) is 30.3 Å². The molecule has 0 N–H and O–H groups in total. The number of carbonyl (C=O) groups excluding carboxylic acids is 2. The molecule has 2 rings (SSSR count). The van der Waals surface area contributed by atoms with Crippen molar-refractivity contribution in [3.8, 4) is 0 Å². The van der Waals surface area contributed by atoms with Gasteiger partial charge in [-0.2, -0.15) is 0 Å². The Morgan fingerprint density at radius 1 is 1.32 bits per heavy atom. The van der Waals surface area contributed by atoms with Crippen LogP contribution in [0.5, 0.6) is 0 Å². The normalized spacial score (nSPS) is 18.9. The number of piperidine rings is 1. The highest BCUT2D eigenvalue weighted by Crippen LogP contribution is 2.20. The summed E-state index contributed by atoms with van der Waals surface area (Å²) in [4.78, 5) is 24.4. The summed E-state index contributed by atoms with van der Waals surface area (Å²) in [5.74, 6) is 0. The number of aldehydes is 1. The summed E-state index contributed by atoms with van der Waals surface area (Å²) in [5, 5.41) is 0. The van der Waals surface area contributed by atoms with Gasteiger partial charge >= 0.3 is 6.09 Å². The Bertz CT molecular complexity index is 419. The molecule has 0 radical (unpaired) electrons. The summed E-state index contributed by atoms with van der Waals surface area (Å²) in [7, 11) is 0. The second-order valence-electron chi connectivity index (χ2n) is 4.79. The molecule has 0 aromatic heterocycles. The van der Waals surface area contributed by atoms with E-state index in [0.29, 0.717) is 13.0 Å². The van der Waals surface area contributed by atoms with E-state index < -0.39 is 0 Å². The summed E-state index contributed by atoms with van der Waals surface area (Å²) in [6.45, 7) is 0.968. The lowest BCUT2D eigenvalue weighted by atomic mass is 10.0. The van der Waals surface area contributed by atoms with E-state index in [1.165, 1.54) is 0 Å². The minimum Gasteiger partial charge on any atom is -0.445 e. The molecule has 0 saturated carbocycles. The standard InChI is InChI=1S/C15H19NO3/c17-11-9-14-8-4-5-10-16(14)15(18)19-12-13-6-2-1-3-7-13/h1-3,6-7,11,14H,4-5,8-10,12H2/t14-/m0/s1. The highest BCUT2D eigenvalue weighted by molar-refractivity contribution is 5.69. The van der Waals surface area contributed by atoms with Gasteiger partial charge in [0.05, 0.1) is 0 Å². The maximum atomic E-state index is 12.0. The Hall–Kier alpha value is -1.84. The van der Waals surface area contributed by atoms with Crippen LogP contribution in [0.25, 0.3) is 0 Å². The van der Waals surface area contributed by atoms with E-state index in [9.17, 15) is 9.59 Å². The molecule has 19 heavy (non-hydrogen) atoms. The number of benzene rings is 1. The molecule has 4 nitrogen and oxygen atoms in total. The Kier molecular flexibility index (Phi) is 4.95. The summed E-state index contributed by atoms with van der Waals surface area (Å²) < 4.78 is 5.32. The number of hydrogen-bond acceptors (Lipinski definition) is 3. The first kappa shape index (κ1) is 13.6. The van der Waals surface area contributed by atoms with E-state index in [-0.39, 0.29) is 18.7 Å².